The summed E-state index contributed by atoms with van der Waals surface area (Å²) in [6, 6.07) is 7.44. The number of aryl methyl sites for hydroxylation is 3. The Hall–Kier alpha value is -2.49. The van der Waals surface area contributed by atoms with Gasteiger partial charge in [-0.1, -0.05) is 23.4 Å². The van der Waals surface area contributed by atoms with Crippen LogP contribution in [0.5, 0.6) is 0 Å². The lowest BCUT2D eigenvalue weighted by molar-refractivity contribution is 0.0783. The molecule has 0 unspecified atom stereocenters. The van der Waals surface area contributed by atoms with Crippen LogP contribution in [0.25, 0.3) is 10.9 Å². The highest BCUT2D eigenvalue weighted by molar-refractivity contribution is 7.89. The van der Waals surface area contributed by atoms with Gasteiger partial charge in [-0.2, -0.15) is 4.31 Å². The average Bonchev–Trinajstić information content (AvgIpc) is 3.25. The molecule has 1 aliphatic rings. The second kappa shape index (κ2) is 7.64. The monoisotopic (exact) mass is 430 g/mol. The third-order valence-corrected chi connectivity index (χ3v) is 8.05. The van der Waals surface area contributed by atoms with Gasteiger partial charge in [-0.05, 0) is 33.8 Å². The fourth-order valence-corrected chi connectivity index (χ4v) is 5.99. The minimum absolute atomic E-state index is 0.0481. The van der Waals surface area contributed by atoms with Crippen molar-refractivity contribution in [3.05, 3.63) is 47.0 Å². The molecule has 0 bridgehead atoms. The number of hydrogen-bond donors (Lipinski definition) is 1. The Morgan fingerprint density at radius 1 is 1.13 bits per heavy atom. The lowest BCUT2D eigenvalue weighted by atomic mass is 10.0. The fourth-order valence-electron chi connectivity index (χ4n) is 4.27. The first kappa shape index (κ1) is 20.8. The Kier molecular flexibility index (Phi) is 5.29. The number of carbonyl (C=O) groups is 1. The van der Waals surface area contributed by atoms with Crippen LogP contribution in [0.1, 0.15) is 34.4 Å². The third-order valence-electron chi connectivity index (χ3n) is 5.91. The molecule has 1 aromatic carbocycles. The number of nitrogens with one attached hydrogen (secondary N) is 1. The van der Waals surface area contributed by atoms with Crippen LogP contribution >= 0.6 is 0 Å². The van der Waals surface area contributed by atoms with E-state index >= 15 is 0 Å². The normalized spacial score (nSPS) is 17.5. The number of fused-ring (bicyclic) bond motifs is 1. The molecule has 30 heavy (non-hydrogen) atoms. The van der Waals surface area contributed by atoms with Gasteiger partial charge in [0.2, 0.25) is 10.0 Å². The van der Waals surface area contributed by atoms with E-state index in [-0.39, 0.29) is 16.7 Å². The van der Waals surface area contributed by atoms with Crippen LogP contribution < -0.4 is 0 Å². The molecule has 1 aliphatic heterocycles. The van der Waals surface area contributed by atoms with E-state index in [0.29, 0.717) is 43.2 Å². The number of para-hydroxylation sites is 1. The van der Waals surface area contributed by atoms with E-state index in [4.69, 9.17) is 4.52 Å². The summed E-state index contributed by atoms with van der Waals surface area (Å²) in [7, 11) is -3.67. The van der Waals surface area contributed by atoms with Gasteiger partial charge >= 0.3 is 0 Å². The van der Waals surface area contributed by atoms with Crippen LogP contribution in [0, 0.1) is 20.8 Å². The molecule has 0 saturated carbocycles. The van der Waals surface area contributed by atoms with Crippen molar-refractivity contribution in [3.8, 4) is 0 Å². The molecule has 3 heterocycles. The molecule has 4 rings (SSSR count). The number of aromatic nitrogens is 2. The van der Waals surface area contributed by atoms with Crippen LogP contribution in [-0.4, -0.2) is 65.8 Å². The van der Waals surface area contributed by atoms with Gasteiger partial charge in [0, 0.05) is 48.3 Å². The van der Waals surface area contributed by atoms with Gasteiger partial charge in [0.25, 0.3) is 0 Å². The highest BCUT2D eigenvalue weighted by atomic mass is 32.2. The number of Topliss-reactive ketones (excluding diaryl/α,β-unsaturated/α-hetero) is 1. The quantitative estimate of drug-likeness (QED) is 0.625. The van der Waals surface area contributed by atoms with Crippen LogP contribution in [0.2, 0.25) is 0 Å². The first-order valence-corrected chi connectivity index (χ1v) is 11.4. The molecule has 0 radical (unpaired) electrons. The maximum atomic E-state index is 13.3. The molecule has 0 spiro atoms. The molecule has 1 fully saturated rings. The Morgan fingerprint density at radius 3 is 2.43 bits per heavy atom. The van der Waals surface area contributed by atoms with Crippen molar-refractivity contribution in [1.82, 2.24) is 19.3 Å². The minimum Gasteiger partial charge on any atom is -0.360 e. The zero-order chi connectivity index (χ0) is 21.6. The van der Waals surface area contributed by atoms with Crippen molar-refractivity contribution in [2.45, 2.75) is 38.6 Å². The van der Waals surface area contributed by atoms with Gasteiger partial charge in [0.1, 0.15) is 10.6 Å². The number of H-pyrrole nitrogens is 1. The first-order chi connectivity index (χ1) is 14.2. The van der Waals surface area contributed by atoms with Crippen molar-refractivity contribution in [1.29, 1.82) is 0 Å². The summed E-state index contributed by atoms with van der Waals surface area (Å²) in [6.07, 6.45) is 0. The molecule has 2 aromatic heterocycles. The molecular formula is C21H26N4O4S. The summed E-state index contributed by atoms with van der Waals surface area (Å²) in [5.41, 5.74) is 2.88. The van der Waals surface area contributed by atoms with E-state index in [1.54, 1.807) is 13.8 Å². The lowest BCUT2D eigenvalue weighted by Crippen LogP contribution is -2.53. The Morgan fingerprint density at radius 2 is 1.80 bits per heavy atom. The predicted octanol–water partition coefficient (Wildman–Crippen LogP) is 2.66. The number of piperazine rings is 1. The van der Waals surface area contributed by atoms with Gasteiger partial charge in [0.15, 0.2) is 11.5 Å². The lowest BCUT2D eigenvalue weighted by Gasteiger charge is -2.36. The standard InChI is InChI=1S/C21H26N4O4S/c1-13-19(17-7-5-6-8-18(17)22-13)20(26)15(3)24-9-11-25(12-10-24)30(27,28)21-14(2)23-29-16(21)4/h5-8,15,22H,9-12H2,1-4H3/t15-/m0/s1. The topological polar surface area (TPSA) is 99.5 Å². The summed E-state index contributed by atoms with van der Waals surface area (Å²) < 4.78 is 32.5. The summed E-state index contributed by atoms with van der Waals surface area (Å²) in [5.74, 6) is 0.347. The van der Waals surface area contributed by atoms with Gasteiger partial charge in [0.05, 0.1) is 6.04 Å². The number of nitrogens with zero attached hydrogens (tertiary/aromatic N) is 3. The van der Waals surface area contributed by atoms with Gasteiger partial charge in [-0.15, -0.1) is 0 Å². The van der Waals surface area contributed by atoms with E-state index in [0.717, 1.165) is 16.6 Å². The van der Waals surface area contributed by atoms with Crippen LogP contribution in [0.4, 0.5) is 0 Å². The highest BCUT2D eigenvalue weighted by Gasteiger charge is 2.35. The van der Waals surface area contributed by atoms with E-state index in [1.165, 1.54) is 4.31 Å². The van der Waals surface area contributed by atoms with E-state index in [9.17, 15) is 13.2 Å². The van der Waals surface area contributed by atoms with Crippen LogP contribution in [0.15, 0.2) is 33.7 Å². The van der Waals surface area contributed by atoms with Crippen molar-refractivity contribution >= 4 is 26.7 Å². The van der Waals surface area contributed by atoms with E-state index in [2.05, 4.69) is 10.1 Å². The number of aromatic amines is 1. The van der Waals surface area contributed by atoms with Crippen molar-refractivity contribution in [2.24, 2.45) is 0 Å². The zero-order valence-corrected chi connectivity index (χ0v) is 18.4. The minimum atomic E-state index is -3.67. The molecule has 1 saturated heterocycles. The summed E-state index contributed by atoms with van der Waals surface area (Å²) >= 11 is 0. The molecule has 0 amide bonds. The fraction of sp³-hybridized carbons (Fsp3) is 0.429. The average molecular weight is 431 g/mol. The molecular weight excluding hydrogens is 404 g/mol. The highest BCUT2D eigenvalue weighted by Crippen LogP contribution is 2.27. The summed E-state index contributed by atoms with van der Waals surface area (Å²) in [6.45, 7) is 8.63. The van der Waals surface area contributed by atoms with E-state index in [1.807, 2.05) is 43.0 Å². The third kappa shape index (κ3) is 3.36. The number of sulfonamides is 1. The number of benzene rings is 1. The van der Waals surface area contributed by atoms with Gasteiger partial charge < -0.3 is 9.51 Å². The molecule has 8 nitrogen and oxygen atoms in total. The summed E-state index contributed by atoms with van der Waals surface area (Å²) in [5, 5.41) is 4.69. The molecule has 0 aliphatic carbocycles. The predicted molar refractivity (Wildman–Crippen MR) is 113 cm³/mol. The van der Waals surface area contributed by atoms with Crippen molar-refractivity contribution in [3.63, 3.8) is 0 Å². The number of hydrogen-bond acceptors (Lipinski definition) is 6. The number of rotatable bonds is 5. The second-order valence-electron chi connectivity index (χ2n) is 7.80. The Bertz CT molecular complexity index is 1180. The molecule has 9 heteroatoms. The Balaban J connectivity index is 1.50. The van der Waals surface area contributed by atoms with Gasteiger partial charge in [-0.25, -0.2) is 8.42 Å². The molecule has 1 atom stereocenters. The maximum absolute atomic E-state index is 13.3. The van der Waals surface area contributed by atoms with Crippen molar-refractivity contribution < 1.29 is 17.7 Å². The first-order valence-electron chi connectivity index (χ1n) is 10.0. The largest absolute Gasteiger partial charge is 0.360 e. The van der Waals surface area contributed by atoms with E-state index < -0.39 is 10.0 Å². The molecule has 160 valence electrons. The maximum Gasteiger partial charge on any atom is 0.248 e. The summed E-state index contributed by atoms with van der Waals surface area (Å²) in [4.78, 5) is 18.7. The van der Waals surface area contributed by atoms with Crippen LogP contribution in [0.3, 0.4) is 0 Å². The Labute approximate surface area is 175 Å². The number of ketones is 1. The SMILES string of the molecule is Cc1noc(C)c1S(=O)(=O)N1CCN([C@@H](C)C(=O)c2c(C)[nH]c3ccccc23)CC1. The van der Waals surface area contributed by atoms with Crippen molar-refractivity contribution in [2.75, 3.05) is 26.2 Å². The van der Waals surface area contributed by atoms with Crippen LogP contribution in [-0.2, 0) is 10.0 Å². The zero-order valence-electron chi connectivity index (χ0n) is 17.6. The smallest absolute Gasteiger partial charge is 0.248 e. The number of carbonyl (C=O) groups excluding carboxylic acids is 1. The molecule has 3 aromatic rings. The molecule has 1 N–H and O–H groups in total. The van der Waals surface area contributed by atoms with Gasteiger partial charge in [-0.3, -0.25) is 9.69 Å². The second-order valence-corrected chi connectivity index (χ2v) is 9.68.